The van der Waals surface area contributed by atoms with Gasteiger partial charge in [0.05, 0.1) is 10.2 Å². The van der Waals surface area contributed by atoms with Gasteiger partial charge < -0.3 is 10.6 Å². The molecule has 0 bridgehead atoms. The highest BCUT2D eigenvalue weighted by Crippen LogP contribution is 2.36. The Bertz CT molecular complexity index is 1380. The number of urea groups is 1. The van der Waals surface area contributed by atoms with Crippen molar-refractivity contribution in [2.45, 2.75) is 19.4 Å². The van der Waals surface area contributed by atoms with Crippen molar-refractivity contribution in [2.75, 3.05) is 11.9 Å². The van der Waals surface area contributed by atoms with Gasteiger partial charge in [-0.1, -0.05) is 78.1 Å². The van der Waals surface area contributed by atoms with Crippen LogP contribution in [0.25, 0.3) is 10.2 Å². The molecule has 1 fully saturated rings. The van der Waals surface area contributed by atoms with E-state index in [1.54, 1.807) is 24.3 Å². The summed E-state index contributed by atoms with van der Waals surface area (Å²) in [5, 5.41) is 6.03. The summed E-state index contributed by atoms with van der Waals surface area (Å²) in [6.45, 7) is 3.56. The monoisotopic (exact) mass is 470 g/mol. The van der Waals surface area contributed by atoms with E-state index in [-0.39, 0.29) is 0 Å². The third-order valence-corrected chi connectivity index (χ3v) is 6.81. The van der Waals surface area contributed by atoms with Gasteiger partial charge in [0.15, 0.2) is 10.7 Å². The fourth-order valence-electron chi connectivity index (χ4n) is 4.38. The number of anilines is 1. The van der Waals surface area contributed by atoms with Crippen molar-refractivity contribution < 1.29 is 14.4 Å². The van der Waals surface area contributed by atoms with Crippen molar-refractivity contribution in [3.63, 3.8) is 0 Å². The first-order valence-electron chi connectivity index (χ1n) is 10.8. The van der Waals surface area contributed by atoms with E-state index in [0.717, 1.165) is 26.2 Å². The predicted molar refractivity (Wildman–Crippen MR) is 132 cm³/mol. The fraction of sp³-hybridized carbons (Fsp3) is 0.154. The minimum Gasteiger partial charge on any atom is -0.315 e. The van der Waals surface area contributed by atoms with E-state index < -0.39 is 29.9 Å². The van der Waals surface area contributed by atoms with Gasteiger partial charge in [-0.25, -0.2) is 9.78 Å². The third-order valence-electron chi connectivity index (χ3n) is 5.90. The standard InChI is InChI=1S/C26H22N4O3S/c1-16-13-17(2)22-20(14-16)34-24(28-22)27-21(31)15-30-23(32)26(29-25(30)33,18-9-5-3-6-10-18)19-11-7-4-8-12-19/h3-14H,15H2,1-2H3,(H,29,33)(H,27,28,31). The van der Waals surface area contributed by atoms with Crippen LogP contribution in [0.1, 0.15) is 22.3 Å². The zero-order chi connectivity index (χ0) is 23.9. The van der Waals surface area contributed by atoms with Gasteiger partial charge in [0.25, 0.3) is 5.91 Å². The smallest absolute Gasteiger partial charge is 0.315 e. The van der Waals surface area contributed by atoms with Crippen LogP contribution in [0.3, 0.4) is 0 Å². The van der Waals surface area contributed by atoms with Crippen LogP contribution in [0.5, 0.6) is 0 Å². The minimum atomic E-state index is -1.40. The summed E-state index contributed by atoms with van der Waals surface area (Å²) in [5.74, 6) is -0.991. The molecule has 5 rings (SSSR count). The lowest BCUT2D eigenvalue weighted by molar-refractivity contribution is -0.133. The van der Waals surface area contributed by atoms with Crippen LogP contribution < -0.4 is 10.6 Å². The van der Waals surface area contributed by atoms with Crippen molar-refractivity contribution in [1.29, 1.82) is 0 Å². The SMILES string of the molecule is Cc1cc(C)c2nc(NC(=O)CN3C(=O)NC(c4ccccc4)(c4ccccc4)C3=O)sc2c1. The molecule has 0 unspecified atom stereocenters. The Balaban J connectivity index is 1.43. The molecule has 1 aliphatic heterocycles. The Morgan fingerprint density at radius 1 is 1.00 bits per heavy atom. The third kappa shape index (κ3) is 3.62. The number of carbonyl (C=O) groups is 3. The molecule has 0 saturated carbocycles. The highest BCUT2D eigenvalue weighted by atomic mass is 32.1. The van der Waals surface area contributed by atoms with E-state index in [9.17, 15) is 14.4 Å². The first-order valence-corrected chi connectivity index (χ1v) is 11.6. The molecule has 1 aliphatic rings. The molecule has 0 atom stereocenters. The number of rotatable bonds is 5. The number of benzene rings is 3. The zero-order valence-electron chi connectivity index (χ0n) is 18.7. The molecule has 170 valence electrons. The second-order valence-electron chi connectivity index (χ2n) is 8.30. The van der Waals surface area contributed by atoms with Crippen LogP contribution in [-0.2, 0) is 15.1 Å². The summed E-state index contributed by atoms with van der Waals surface area (Å²) in [6, 6.07) is 21.5. The summed E-state index contributed by atoms with van der Waals surface area (Å²) in [5.41, 5.74) is 2.82. The van der Waals surface area contributed by atoms with E-state index >= 15 is 0 Å². The van der Waals surface area contributed by atoms with E-state index in [2.05, 4.69) is 15.6 Å². The Hall–Kier alpha value is -4.04. The van der Waals surface area contributed by atoms with Crippen LogP contribution in [0.4, 0.5) is 9.93 Å². The summed E-state index contributed by atoms with van der Waals surface area (Å²) < 4.78 is 0.968. The van der Waals surface area contributed by atoms with Gasteiger partial charge in [0, 0.05) is 0 Å². The van der Waals surface area contributed by atoms with Crippen LogP contribution in [0.2, 0.25) is 0 Å². The Labute approximate surface area is 200 Å². The molecule has 34 heavy (non-hydrogen) atoms. The lowest BCUT2D eigenvalue weighted by Crippen LogP contribution is -2.45. The normalized spacial score (nSPS) is 14.9. The molecular weight excluding hydrogens is 448 g/mol. The Kier molecular flexibility index (Phi) is 5.37. The fourth-order valence-corrected chi connectivity index (χ4v) is 5.44. The molecule has 0 spiro atoms. The molecule has 1 aromatic heterocycles. The maximum absolute atomic E-state index is 13.7. The minimum absolute atomic E-state index is 0.417. The number of nitrogens with one attached hydrogen (secondary N) is 2. The maximum Gasteiger partial charge on any atom is 0.326 e. The first kappa shape index (κ1) is 21.8. The number of amides is 4. The van der Waals surface area contributed by atoms with E-state index in [4.69, 9.17) is 0 Å². The molecule has 0 aliphatic carbocycles. The van der Waals surface area contributed by atoms with Gasteiger partial charge in [-0.05, 0) is 42.2 Å². The molecular formula is C26H22N4O3S. The van der Waals surface area contributed by atoms with Gasteiger partial charge in [-0.3, -0.25) is 14.5 Å². The summed E-state index contributed by atoms with van der Waals surface area (Å²) in [6.07, 6.45) is 0. The summed E-state index contributed by atoms with van der Waals surface area (Å²) in [7, 11) is 0. The molecule has 0 radical (unpaired) electrons. The van der Waals surface area contributed by atoms with Crippen LogP contribution >= 0.6 is 11.3 Å². The van der Waals surface area contributed by atoms with Crippen LogP contribution in [0, 0.1) is 13.8 Å². The molecule has 3 aromatic carbocycles. The van der Waals surface area contributed by atoms with Crippen molar-refractivity contribution in [2.24, 2.45) is 0 Å². The van der Waals surface area contributed by atoms with Gasteiger partial charge in [0.1, 0.15) is 6.54 Å². The lowest BCUT2D eigenvalue weighted by atomic mass is 9.82. The zero-order valence-corrected chi connectivity index (χ0v) is 19.5. The number of thiazole rings is 1. The highest BCUT2D eigenvalue weighted by Gasteiger charge is 2.54. The number of aromatic nitrogens is 1. The number of carbonyl (C=O) groups excluding carboxylic acids is 3. The molecule has 1 saturated heterocycles. The average Bonchev–Trinajstić information content (AvgIpc) is 3.34. The van der Waals surface area contributed by atoms with Gasteiger partial charge in [-0.2, -0.15) is 0 Å². The molecule has 8 heteroatoms. The van der Waals surface area contributed by atoms with Crippen molar-refractivity contribution >= 4 is 44.5 Å². The number of fused-ring (bicyclic) bond motifs is 1. The molecule has 4 amide bonds. The highest BCUT2D eigenvalue weighted by molar-refractivity contribution is 7.22. The second kappa shape index (κ2) is 8.39. The summed E-state index contributed by atoms with van der Waals surface area (Å²) in [4.78, 5) is 45.0. The van der Waals surface area contributed by atoms with Crippen molar-refractivity contribution in [3.05, 3.63) is 95.1 Å². The number of hydrogen-bond acceptors (Lipinski definition) is 5. The topological polar surface area (TPSA) is 91.4 Å². The van der Waals surface area contributed by atoms with Gasteiger partial charge >= 0.3 is 6.03 Å². The molecule has 4 aromatic rings. The number of imide groups is 1. The van der Waals surface area contributed by atoms with E-state index in [1.165, 1.54) is 11.3 Å². The molecule has 2 heterocycles. The predicted octanol–water partition coefficient (Wildman–Crippen LogP) is 4.35. The Morgan fingerprint density at radius 2 is 1.62 bits per heavy atom. The van der Waals surface area contributed by atoms with Gasteiger partial charge in [0.2, 0.25) is 5.91 Å². The second-order valence-corrected chi connectivity index (χ2v) is 9.33. The largest absolute Gasteiger partial charge is 0.326 e. The quantitative estimate of drug-likeness (QED) is 0.424. The lowest BCUT2D eigenvalue weighted by Gasteiger charge is -2.27. The average molecular weight is 471 g/mol. The van der Waals surface area contributed by atoms with E-state index in [1.807, 2.05) is 62.4 Å². The van der Waals surface area contributed by atoms with Crippen LogP contribution in [0.15, 0.2) is 72.8 Å². The first-order chi connectivity index (χ1) is 16.4. The summed E-state index contributed by atoms with van der Waals surface area (Å²) >= 11 is 1.36. The van der Waals surface area contributed by atoms with Crippen molar-refractivity contribution in [1.82, 2.24) is 15.2 Å². The van der Waals surface area contributed by atoms with Crippen molar-refractivity contribution in [3.8, 4) is 0 Å². The number of nitrogens with zero attached hydrogens (tertiary/aromatic N) is 2. The molecule has 7 nitrogen and oxygen atoms in total. The molecule has 2 N–H and O–H groups in total. The maximum atomic E-state index is 13.7. The Morgan fingerprint density at radius 3 is 2.24 bits per heavy atom. The van der Waals surface area contributed by atoms with Gasteiger partial charge in [-0.15, -0.1) is 0 Å². The number of hydrogen-bond donors (Lipinski definition) is 2. The number of aryl methyl sites for hydroxylation is 2. The van der Waals surface area contributed by atoms with Crippen LogP contribution in [-0.4, -0.2) is 34.3 Å². The van der Waals surface area contributed by atoms with E-state index in [0.29, 0.717) is 16.3 Å².